The van der Waals surface area contributed by atoms with E-state index in [-0.39, 0.29) is 5.30 Å². The minimum absolute atomic E-state index is 0.0779. The number of hydrogen-bond donors (Lipinski definition) is 0. The molecule has 0 spiro atoms. The molecule has 0 amide bonds. The van der Waals surface area contributed by atoms with E-state index in [9.17, 15) is 18.7 Å². The van der Waals surface area contributed by atoms with Crippen molar-refractivity contribution in [2.45, 2.75) is 0 Å². The number of rotatable bonds is 5. The zero-order valence-electron chi connectivity index (χ0n) is 13.2. The maximum absolute atomic E-state index is 14.8. The maximum Gasteiger partial charge on any atom is 0.201 e. The van der Waals surface area contributed by atoms with Crippen LogP contribution >= 0.6 is 7.26 Å². The van der Waals surface area contributed by atoms with Crippen molar-refractivity contribution in [3.63, 3.8) is 0 Å². The Morgan fingerprint density at radius 2 is 1.32 bits per heavy atom. The number of benzene rings is 3. The molecule has 0 unspecified atom stereocenters. The molecule has 0 N–H and O–H groups in total. The number of carbonyl (C=O) groups is 1. The van der Waals surface area contributed by atoms with Gasteiger partial charge < -0.3 is 9.90 Å². The molecule has 0 bridgehead atoms. The van der Waals surface area contributed by atoms with Crippen molar-refractivity contribution >= 4 is 29.1 Å². The van der Waals surface area contributed by atoms with Crippen LogP contribution in [0.15, 0.2) is 78.9 Å². The van der Waals surface area contributed by atoms with Crippen LogP contribution in [0.4, 0.5) is 8.78 Å². The predicted octanol–water partition coefficient (Wildman–Crippen LogP) is 2.01. The molecule has 3 rings (SSSR count). The minimum atomic E-state index is -2.95. The predicted molar refractivity (Wildman–Crippen MR) is 94.9 cm³/mol. The van der Waals surface area contributed by atoms with Crippen LogP contribution in [0, 0.1) is 11.6 Å². The molecule has 25 heavy (non-hydrogen) atoms. The Balaban J connectivity index is 2.41. The lowest BCUT2D eigenvalue weighted by Crippen LogP contribution is -2.41. The molecule has 0 saturated heterocycles. The fourth-order valence-electron chi connectivity index (χ4n) is 3.04. The van der Waals surface area contributed by atoms with Crippen LogP contribution in [0.2, 0.25) is 0 Å². The monoisotopic (exact) mass is 356 g/mol. The van der Waals surface area contributed by atoms with Gasteiger partial charge in [0, 0.05) is 0 Å². The van der Waals surface area contributed by atoms with Gasteiger partial charge in [0.2, 0.25) is 5.82 Å². The fourth-order valence-corrected chi connectivity index (χ4v) is 6.96. The molecule has 0 radical (unpaired) electrons. The summed E-state index contributed by atoms with van der Waals surface area (Å²) in [5, 5.41) is 13.0. The van der Waals surface area contributed by atoms with E-state index in [0.29, 0.717) is 10.6 Å². The van der Waals surface area contributed by atoms with Crippen molar-refractivity contribution in [1.29, 1.82) is 0 Å². The first kappa shape index (κ1) is 17.2. The summed E-state index contributed by atoms with van der Waals surface area (Å²) in [5.41, 5.74) is 0. The van der Waals surface area contributed by atoms with Crippen molar-refractivity contribution < 1.29 is 18.7 Å². The third-order valence-electron chi connectivity index (χ3n) is 4.10. The van der Waals surface area contributed by atoms with Gasteiger partial charge in [0.15, 0.2) is 5.82 Å². The van der Waals surface area contributed by atoms with E-state index in [0.717, 1.165) is 6.07 Å². The average Bonchev–Trinajstić information content (AvgIpc) is 2.63. The summed E-state index contributed by atoms with van der Waals surface area (Å²) in [7, 11) is -2.95. The van der Waals surface area contributed by atoms with Crippen molar-refractivity contribution in [2.24, 2.45) is 0 Å². The molecule has 0 fully saturated rings. The number of halogens is 2. The molecule has 0 atom stereocenters. The van der Waals surface area contributed by atoms with Gasteiger partial charge in [-0.25, -0.2) is 4.39 Å². The van der Waals surface area contributed by atoms with E-state index in [1.54, 1.807) is 60.7 Å². The number of hydrogen-bond acceptors (Lipinski definition) is 2. The first-order chi connectivity index (χ1) is 12.1. The van der Waals surface area contributed by atoms with Crippen molar-refractivity contribution in [3.05, 3.63) is 90.5 Å². The van der Waals surface area contributed by atoms with Gasteiger partial charge in [-0.1, -0.05) is 42.5 Å². The van der Waals surface area contributed by atoms with Crippen LogP contribution in [-0.2, 0) is 4.79 Å². The van der Waals surface area contributed by atoms with Crippen LogP contribution in [-0.4, -0.2) is 12.1 Å². The van der Waals surface area contributed by atoms with Gasteiger partial charge >= 0.3 is 0 Å². The Hall–Kier alpha value is -2.58. The van der Waals surface area contributed by atoms with Crippen molar-refractivity contribution in [1.82, 2.24) is 0 Å². The van der Waals surface area contributed by atoms with Crippen molar-refractivity contribution in [2.75, 3.05) is 6.16 Å². The maximum atomic E-state index is 14.8. The second kappa shape index (κ2) is 7.12. The molecular formula is C20H15F2O2P. The second-order valence-corrected chi connectivity index (χ2v) is 9.03. The largest absolute Gasteiger partial charge is 0.546 e. The SMILES string of the molecule is O=C([O-])C[P+](c1ccccc1)(c1ccccc1)c1cccc(F)c1F. The quantitative estimate of drug-likeness (QED) is 0.656. The first-order valence-corrected chi connectivity index (χ1v) is 9.67. The Morgan fingerprint density at radius 3 is 1.80 bits per heavy atom. The van der Waals surface area contributed by atoms with Crippen molar-refractivity contribution in [3.8, 4) is 0 Å². The lowest BCUT2D eigenvalue weighted by atomic mass is 10.3. The molecule has 5 heteroatoms. The highest BCUT2D eigenvalue weighted by molar-refractivity contribution is 7.96. The lowest BCUT2D eigenvalue weighted by Gasteiger charge is -2.28. The van der Waals surface area contributed by atoms with E-state index >= 15 is 0 Å². The van der Waals surface area contributed by atoms with Gasteiger partial charge in [0.25, 0.3) is 0 Å². The Morgan fingerprint density at radius 1 is 0.800 bits per heavy atom. The summed E-state index contributed by atoms with van der Waals surface area (Å²) in [6.45, 7) is 0. The number of carboxylic acid groups (broad SMARTS) is 1. The molecule has 3 aromatic rings. The third kappa shape index (κ3) is 3.18. The van der Waals surface area contributed by atoms with E-state index < -0.39 is 31.0 Å². The van der Waals surface area contributed by atoms with Crippen LogP contribution in [0.5, 0.6) is 0 Å². The summed E-state index contributed by atoms with van der Waals surface area (Å²) in [4.78, 5) is 11.6. The van der Waals surface area contributed by atoms with Gasteiger partial charge in [0.1, 0.15) is 29.3 Å². The molecule has 0 aromatic heterocycles. The van der Waals surface area contributed by atoms with Gasteiger partial charge in [-0.2, -0.15) is 4.39 Å². The molecule has 0 heterocycles. The number of carboxylic acids is 1. The van der Waals surface area contributed by atoms with E-state index in [1.807, 2.05) is 0 Å². The Kier molecular flexibility index (Phi) is 4.91. The summed E-state index contributed by atoms with van der Waals surface area (Å²) >= 11 is 0. The molecule has 126 valence electrons. The summed E-state index contributed by atoms with van der Waals surface area (Å²) in [6, 6.07) is 21.6. The minimum Gasteiger partial charge on any atom is -0.546 e. The topological polar surface area (TPSA) is 40.1 Å². The van der Waals surface area contributed by atoms with Crippen LogP contribution in [0.3, 0.4) is 0 Å². The van der Waals surface area contributed by atoms with Gasteiger partial charge in [0.05, 0.1) is 5.97 Å². The first-order valence-electron chi connectivity index (χ1n) is 7.69. The molecule has 0 aliphatic carbocycles. The third-order valence-corrected chi connectivity index (χ3v) is 8.36. The average molecular weight is 356 g/mol. The van der Waals surface area contributed by atoms with E-state index in [2.05, 4.69) is 0 Å². The van der Waals surface area contributed by atoms with Crippen LogP contribution in [0.25, 0.3) is 0 Å². The smallest absolute Gasteiger partial charge is 0.201 e. The molecule has 0 aliphatic heterocycles. The summed E-state index contributed by atoms with van der Waals surface area (Å²) < 4.78 is 28.7. The normalized spacial score (nSPS) is 11.3. The summed E-state index contributed by atoms with van der Waals surface area (Å²) in [5.74, 6) is -3.30. The zero-order valence-corrected chi connectivity index (χ0v) is 14.1. The molecular weight excluding hydrogens is 341 g/mol. The fraction of sp³-hybridized carbons (Fsp3) is 0.0500. The van der Waals surface area contributed by atoms with Gasteiger partial charge in [-0.15, -0.1) is 0 Å². The van der Waals surface area contributed by atoms with Gasteiger partial charge in [-0.3, -0.25) is 0 Å². The van der Waals surface area contributed by atoms with Gasteiger partial charge in [-0.05, 0) is 36.4 Å². The Labute approximate surface area is 145 Å². The highest BCUT2D eigenvalue weighted by Crippen LogP contribution is 2.55. The number of carbonyl (C=O) groups excluding carboxylic acids is 1. The highest BCUT2D eigenvalue weighted by atomic mass is 31.2. The second-order valence-electron chi connectivity index (χ2n) is 5.58. The van der Waals surface area contributed by atoms with Crippen LogP contribution in [0.1, 0.15) is 0 Å². The molecule has 0 aliphatic rings. The lowest BCUT2D eigenvalue weighted by molar-refractivity contribution is -0.301. The molecule has 3 aromatic carbocycles. The van der Waals surface area contributed by atoms with Crippen LogP contribution < -0.4 is 21.0 Å². The zero-order chi connectivity index (χ0) is 17.9. The molecule has 0 saturated carbocycles. The summed E-state index contributed by atoms with van der Waals surface area (Å²) in [6.07, 6.45) is -0.401. The standard InChI is InChI=1S/C20H15F2O2P/c21-17-12-7-13-18(20(17)22)25(14-19(23)24,15-8-3-1-4-9-15)16-10-5-2-6-11-16/h1-13H,14H2. The van der Waals surface area contributed by atoms with E-state index in [4.69, 9.17) is 0 Å². The molecule has 2 nitrogen and oxygen atoms in total. The highest BCUT2D eigenvalue weighted by Gasteiger charge is 2.48. The van der Waals surface area contributed by atoms with E-state index in [1.165, 1.54) is 12.1 Å². The number of aliphatic carboxylic acids is 1. The Bertz CT molecular complexity index is 843.